The van der Waals surface area contributed by atoms with Gasteiger partial charge in [-0.3, -0.25) is 9.59 Å². The van der Waals surface area contributed by atoms with Gasteiger partial charge < -0.3 is 20.5 Å². The predicted octanol–water partition coefficient (Wildman–Crippen LogP) is -1.02. The number of amides is 1. The maximum atomic E-state index is 11.7. The zero-order valence-electron chi connectivity index (χ0n) is 9.59. The normalized spacial score (nSPS) is 11.4. The van der Waals surface area contributed by atoms with Gasteiger partial charge in [0.15, 0.2) is 6.04 Å². The molecule has 3 N–H and O–H groups in total. The minimum absolute atomic E-state index is 0.00175. The van der Waals surface area contributed by atoms with E-state index in [1.807, 2.05) is 0 Å². The fourth-order valence-corrected chi connectivity index (χ4v) is 1.08. The molecule has 0 aliphatic heterocycles. The van der Waals surface area contributed by atoms with Crippen molar-refractivity contribution in [2.24, 2.45) is 5.73 Å². The van der Waals surface area contributed by atoms with Crippen molar-refractivity contribution in [1.82, 2.24) is 4.90 Å². The van der Waals surface area contributed by atoms with Crippen LogP contribution in [0.25, 0.3) is 0 Å². The first-order valence-corrected chi connectivity index (χ1v) is 4.97. The molecule has 0 spiro atoms. The Labute approximate surface area is 98.8 Å². The van der Waals surface area contributed by atoms with E-state index < -0.39 is 30.4 Å². The van der Waals surface area contributed by atoms with E-state index >= 15 is 0 Å². The van der Waals surface area contributed by atoms with Crippen molar-refractivity contribution >= 4 is 17.8 Å². The molecule has 0 aliphatic rings. The minimum atomic E-state index is -1.51. The third-order valence-corrected chi connectivity index (χ3v) is 1.79. The quantitative estimate of drug-likeness (QED) is 0.337. The van der Waals surface area contributed by atoms with Crippen LogP contribution in [0.1, 0.15) is 6.92 Å². The van der Waals surface area contributed by atoms with Crippen molar-refractivity contribution in [1.29, 1.82) is 0 Å². The number of carbonyl (C=O) groups is 3. The van der Waals surface area contributed by atoms with Crippen molar-refractivity contribution in [3.8, 4) is 0 Å². The van der Waals surface area contributed by atoms with Crippen LogP contribution >= 0.6 is 0 Å². The number of ether oxygens (including phenoxy) is 1. The van der Waals surface area contributed by atoms with Crippen molar-refractivity contribution in [3.63, 3.8) is 0 Å². The third-order valence-electron chi connectivity index (χ3n) is 1.79. The maximum Gasteiger partial charge on any atom is 0.332 e. The molecule has 0 aromatic carbocycles. The molecule has 0 saturated heterocycles. The molecular formula is C10H16N2O5. The van der Waals surface area contributed by atoms with E-state index in [0.717, 1.165) is 4.90 Å². The highest BCUT2D eigenvalue weighted by Gasteiger charge is 2.28. The number of esters is 1. The van der Waals surface area contributed by atoms with E-state index in [2.05, 4.69) is 11.3 Å². The summed E-state index contributed by atoms with van der Waals surface area (Å²) in [4.78, 5) is 34.3. The molecule has 96 valence electrons. The summed E-state index contributed by atoms with van der Waals surface area (Å²) < 4.78 is 4.57. The topological polar surface area (TPSA) is 110 Å². The van der Waals surface area contributed by atoms with E-state index in [-0.39, 0.29) is 13.2 Å². The smallest absolute Gasteiger partial charge is 0.332 e. The van der Waals surface area contributed by atoms with Crippen molar-refractivity contribution in [2.75, 3.05) is 19.7 Å². The number of rotatable bonds is 7. The number of hydrogen-bond acceptors (Lipinski definition) is 5. The second-order valence-electron chi connectivity index (χ2n) is 3.13. The SMILES string of the molecule is C=CCN(CC(=O)O)C(=O)C(N)C(=O)OCC. The Hall–Kier alpha value is -1.89. The largest absolute Gasteiger partial charge is 0.480 e. The minimum Gasteiger partial charge on any atom is -0.480 e. The zero-order chi connectivity index (χ0) is 13.4. The maximum absolute atomic E-state index is 11.7. The van der Waals surface area contributed by atoms with Crippen LogP contribution in [0.3, 0.4) is 0 Å². The van der Waals surface area contributed by atoms with Gasteiger partial charge in [-0.05, 0) is 6.92 Å². The Kier molecular flexibility index (Phi) is 6.57. The number of nitrogens with zero attached hydrogens (tertiary/aromatic N) is 1. The summed E-state index contributed by atoms with van der Waals surface area (Å²) in [5.74, 6) is -2.88. The molecule has 0 aliphatic carbocycles. The first-order chi connectivity index (χ1) is 7.93. The van der Waals surface area contributed by atoms with Gasteiger partial charge in [0.1, 0.15) is 6.54 Å². The first-order valence-electron chi connectivity index (χ1n) is 4.97. The van der Waals surface area contributed by atoms with Crippen LogP contribution in [-0.4, -0.2) is 53.6 Å². The third kappa shape index (κ3) is 5.12. The Morgan fingerprint density at radius 3 is 2.53 bits per heavy atom. The monoisotopic (exact) mass is 244 g/mol. The molecule has 1 atom stereocenters. The molecule has 0 fully saturated rings. The van der Waals surface area contributed by atoms with Gasteiger partial charge in [-0.2, -0.15) is 0 Å². The standard InChI is InChI=1S/C10H16N2O5/c1-3-5-12(6-7(13)14)9(15)8(11)10(16)17-4-2/h3,8H,1,4-6,11H2,2H3,(H,13,14). The van der Waals surface area contributed by atoms with Crippen LogP contribution in [0.5, 0.6) is 0 Å². The number of carbonyl (C=O) groups excluding carboxylic acids is 2. The fraction of sp³-hybridized carbons (Fsp3) is 0.500. The van der Waals surface area contributed by atoms with E-state index in [9.17, 15) is 14.4 Å². The lowest BCUT2D eigenvalue weighted by atomic mass is 10.2. The molecule has 0 aromatic rings. The molecule has 17 heavy (non-hydrogen) atoms. The molecule has 1 amide bonds. The van der Waals surface area contributed by atoms with Crippen molar-refractivity contribution in [2.45, 2.75) is 13.0 Å². The van der Waals surface area contributed by atoms with E-state index in [0.29, 0.717) is 0 Å². The average Bonchev–Trinajstić information content (AvgIpc) is 2.26. The first kappa shape index (κ1) is 15.1. The molecule has 7 nitrogen and oxygen atoms in total. The van der Waals surface area contributed by atoms with Gasteiger partial charge >= 0.3 is 11.9 Å². The summed E-state index contributed by atoms with van der Waals surface area (Å²) in [7, 11) is 0. The average molecular weight is 244 g/mol. The molecule has 0 saturated carbocycles. The van der Waals surface area contributed by atoms with Crippen LogP contribution in [0.2, 0.25) is 0 Å². The van der Waals surface area contributed by atoms with E-state index in [1.54, 1.807) is 6.92 Å². The van der Waals surface area contributed by atoms with Gasteiger partial charge in [0.05, 0.1) is 6.61 Å². The molecule has 7 heteroatoms. The summed E-state index contributed by atoms with van der Waals surface area (Å²) >= 11 is 0. The lowest BCUT2D eigenvalue weighted by molar-refractivity contribution is -0.153. The Balaban J connectivity index is 4.64. The van der Waals surface area contributed by atoms with Crippen LogP contribution in [-0.2, 0) is 19.1 Å². The van der Waals surface area contributed by atoms with E-state index in [1.165, 1.54) is 6.08 Å². The Morgan fingerprint density at radius 2 is 2.12 bits per heavy atom. The Bertz CT molecular complexity index is 316. The lowest BCUT2D eigenvalue weighted by Gasteiger charge is -2.21. The van der Waals surface area contributed by atoms with Gasteiger partial charge in [-0.25, -0.2) is 4.79 Å². The highest BCUT2D eigenvalue weighted by atomic mass is 16.5. The summed E-state index contributed by atoms with van der Waals surface area (Å²) in [6.45, 7) is 4.52. The zero-order valence-corrected chi connectivity index (χ0v) is 9.59. The molecule has 0 aromatic heterocycles. The number of hydrogen-bond donors (Lipinski definition) is 2. The van der Waals surface area contributed by atoms with E-state index in [4.69, 9.17) is 10.8 Å². The second-order valence-corrected chi connectivity index (χ2v) is 3.13. The van der Waals surface area contributed by atoms with Crippen LogP contribution in [0.4, 0.5) is 0 Å². The molecule has 1 unspecified atom stereocenters. The second kappa shape index (κ2) is 7.39. The number of carboxylic acids is 1. The van der Waals surface area contributed by atoms with Crippen LogP contribution in [0.15, 0.2) is 12.7 Å². The molecule has 0 bridgehead atoms. The summed E-state index contributed by atoms with van der Waals surface area (Å²) in [6, 6.07) is -1.51. The highest BCUT2D eigenvalue weighted by Crippen LogP contribution is 1.97. The summed E-state index contributed by atoms with van der Waals surface area (Å²) in [6.07, 6.45) is 1.35. The lowest BCUT2D eigenvalue weighted by Crippen LogP contribution is -2.50. The highest BCUT2D eigenvalue weighted by molar-refractivity contribution is 6.02. The van der Waals surface area contributed by atoms with Gasteiger partial charge in [-0.15, -0.1) is 6.58 Å². The molecular weight excluding hydrogens is 228 g/mol. The molecule has 0 rings (SSSR count). The van der Waals surface area contributed by atoms with Gasteiger partial charge in [0, 0.05) is 6.54 Å². The fourth-order valence-electron chi connectivity index (χ4n) is 1.08. The van der Waals surface area contributed by atoms with Crippen LogP contribution in [0, 0.1) is 0 Å². The predicted molar refractivity (Wildman–Crippen MR) is 59.0 cm³/mol. The van der Waals surface area contributed by atoms with Gasteiger partial charge in [0.2, 0.25) is 0 Å². The van der Waals surface area contributed by atoms with Gasteiger partial charge in [0.25, 0.3) is 5.91 Å². The molecule has 0 radical (unpaired) electrons. The van der Waals surface area contributed by atoms with Crippen LogP contribution < -0.4 is 5.73 Å². The van der Waals surface area contributed by atoms with Crippen molar-refractivity contribution in [3.05, 3.63) is 12.7 Å². The number of aliphatic carboxylic acids is 1. The van der Waals surface area contributed by atoms with Crippen molar-refractivity contribution < 1.29 is 24.2 Å². The number of carboxylic acid groups (broad SMARTS) is 1. The number of nitrogens with two attached hydrogens (primary N) is 1. The van der Waals surface area contributed by atoms with Gasteiger partial charge in [-0.1, -0.05) is 6.08 Å². The molecule has 0 heterocycles. The summed E-state index contributed by atoms with van der Waals surface area (Å²) in [5.41, 5.74) is 5.36. The summed E-state index contributed by atoms with van der Waals surface area (Å²) in [5, 5.41) is 8.60. The Morgan fingerprint density at radius 1 is 1.53 bits per heavy atom.